The maximum Gasteiger partial charge on any atom is 0.247 e. The first-order chi connectivity index (χ1) is 9.70. The third-order valence-electron chi connectivity index (χ3n) is 3.37. The first kappa shape index (κ1) is 13.5. The van der Waals surface area contributed by atoms with Crippen LogP contribution in [0.15, 0.2) is 28.7 Å². The summed E-state index contributed by atoms with van der Waals surface area (Å²) in [7, 11) is 0. The Hall–Kier alpha value is -1.43. The number of rotatable bonds is 3. The van der Waals surface area contributed by atoms with Gasteiger partial charge in [-0.3, -0.25) is 4.90 Å². The molecule has 0 bridgehead atoms. The van der Waals surface area contributed by atoms with Gasteiger partial charge in [0.25, 0.3) is 0 Å². The molecule has 1 fully saturated rings. The highest BCUT2D eigenvalue weighted by Crippen LogP contribution is 2.20. The third kappa shape index (κ3) is 3.17. The fourth-order valence-electron chi connectivity index (χ4n) is 2.37. The number of benzene rings is 1. The van der Waals surface area contributed by atoms with Crippen LogP contribution in [-0.2, 0) is 6.54 Å². The van der Waals surface area contributed by atoms with Crippen molar-refractivity contribution >= 4 is 11.6 Å². The molecule has 2 aromatic rings. The Balaban J connectivity index is 1.69. The number of hydrogen-bond acceptors (Lipinski definition) is 5. The van der Waals surface area contributed by atoms with Gasteiger partial charge in [-0.2, -0.15) is 0 Å². The Bertz CT molecular complexity index is 569. The highest BCUT2D eigenvalue weighted by Gasteiger charge is 2.18. The second kappa shape index (κ2) is 5.91. The van der Waals surface area contributed by atoms with Crippen LogP contribution in [0, 0.1) is 0 Å². The maximum atomic E-state index is 5.87. The molecular weight excluding hydrogens is 276 g/mol. The van der Waals surface area contributed by atoms with Crippen molar-refractivity contribution in [3.05, 3.63) is 35.2 Å². The van der Waals surface area contributed by atoms with E-state index < -0.39 is 0 Å². The first-order valence-corrected chi connectivity index (χ1v) is 7.12. The highest BCUT2D eigenvalue weighted by atomic mass is 35.5. The Morgan fingerprint density at radius 1 is 1.35 bits per heavy atom. The van der Waals surface area contributed by atoms with E-state index in [0.717, 1.165) is 25.2 Å². The largest absolute Gasteiger partial charge is 0.419 e. The Kier molecular flexibility index (Phi) is 4.00. The molecule has 0 aliphatic carbocycles. The van der Waals surface area contributed by atoms with E-state index in [-0.39, 0.29) is 0 Å². The minimum Gasteiger partial charge on any atom is -0.419 e. The van der Waals surface area contributed by atoms with Crippen molar-refractivity contribution in [3.63, 3.8) is 0 Å². The van der Waals surface area contributed by atoms with E-state index in [1.807, 2.05) is 24.3 Å². The standard InChI is InChI=1S/C14H17ClN4O/c1-10-8-19(7-6-16-10)9-13-17-18-14(20-13)11-2-4-12(15)5-3-11/h2-5,10,16H,6-9H2,1H3/t10-/m0/s1. The van der Waals surface area contributed by atoms with Crippen molar-refractivity contribution in [1.82, 2.24) is 20.4 Å². The van der Waals surface area contributed by atoms with Gasteiger partial charge in [0.1, 0.15) is 0 Å². The molecule has 0 unspecified atom stereocenters. The average Bonchev–Trinajstić information content (AvgIpc) is 2.88. The molecule has 0 amide bonds. The molecule has 1 aliphatic heterocycles. The van der Waals surface area contributed by atoms with Crippen LogP contribution >= 0.6 is 11.6 Å². The minimum atomic E-state index is 0.502. The molecule has 3 rings (SSSR count). The summed E-state index contributed by atoms with van der Waals surface area (Å²) >= 11 is 5.87. The van der Waals surface area contributed by atoms with Gasteiger partial charge in [0.2, 0.25) is 11.8 Å². The number of hydrogen-bond donors (Lipinski definition) is 1. The van der Waals surface area contributed by atoms with Crippen LogP contribution in [-0.4, -0.2) is 40.8 Å². The van der Waals surface area contributed by atoms with Crippen LogP contribution in [0.1, 0.15) is 12.8 Å². The summed E-state index contributed by atoms with van der Waals surface area (Å²) in [6.07, 6.45) is 0. The van der Waals surface area contributed by atoms with Crippen molar-refractivity contribution in [2.24, 2.45) is 0 Å². The maximum absolute atomic E-state index is 5.87. The Labute approximate surface area is 122 Å². The second-order valence-electron chi connectivity index (χ2n) is 5.10. The summed E-state index contributed by atoms with van der Waals surface area (Å²) in [5, 5.41) is 12.3. The van der Waals surface area contributed by atoms with Crippen LogP contribution in [0.5, 0.6) is 0 Å². The van der Waals surface area contributed by atoms with Crippen molar-refractivity contribution in [2.75, 3.05) is 19.6 Å². The van der Waals surface area contributed by atoms with Gasteiger partial charge >= 0.3 is 0 Å². The number of aromatic nitrogens is 2. The molecule has 1 aromatic heterocycles. The van der Waals surface area contributed by atoms with Gasteiger partial charge in [0.05, 0.1) is 6.54 Å². The molecule has 0 saturated carbocycles. The van der Waals surface area contributed by atoms with E-state index in [2.05, 4.69) is 27.3 Å². The SMILES string of the molecule is C[C@H]1CN(Cc2nnc(-c3ccc(Cl)cc3)o2)CCN1. The lowest BCUT2D eigenvalue weighted by Crippen LogP contribution is -2.48. The molecule has 0 radical (unpaired) electrons. The number of halogens is 1. The smallest absolute Gasteiger partial charge is 0.247 e. The van der Waals surface area contributed by atoms with E-state index in [9.17, 15) is 0 Å². The molecular formula is C14H17ClN4O. The normalized spacial score (nSPS) is 20.2. The zero-order valence-corrected chi connectivity index (χ0v) is 12.1. The monoisotopic (exact) mass is 292 g/mol. The molecule has 1 atom stereocenters. The summed E-state index contributed by atoms with van der Waals surface area (Å²) in [5.74, 6) is 1.20. The number of nitrogens with zero attached hydrogens (tertiary/aromatic N) is 3. The van der Waals surface area contributed by atoms with Crippen molar-refractivity contribution < 1.29 is 4.42 Å². The van der Waals surface area contributed by atoms with Crippen molar-refractivity contribution in [3.8, 4) is 11.5 Å². The zero-order valence-electron chi connectivity index (χ0n) is 11.3. The summed E-state index contributed by atoms with van der Waals surface area (Å²) in [5.41, 5.74) is 0.891. The quantitative estimate of drug-likeness (QED) is 0.940. The molecule has 1 N–H and O–H groups in total. The number of nitrogens with one attached hydrogen (secondary N) is 1. The predicted molar refractivity (Wildman–Crippen MR) is 77.5 cm³/mol. The van der Waals surface area contributed by atoms with Crippen molar-refractivity contribution in [1.29, 1.82) is 0 Å². The van der Waals surface area contributed by atoms with Crippen molar-refractivity contribution in [2.45, 2.75) is 19.5 Å². The topological polar surface area (TPSA) is 54.2 Å². The van der Waals surface area contributed by atoms with Crippen LogP contribution in [0.2, 0.25) is 5.02 Å². The van der Waals surface area contributed by atoms with Gasteiger partial charge in [-0.25, -0.2) is 0 Å². The Morgan fingerprint density at radius 2 is 2.15 bits per heavy atom. The predicted octanol–water partition coefficient (Wildman–Crippen LogP) is 2.18. The van der Waals surface area contributed by atoms with E-state index in [0.29, 0.717) is 29.4 Å². The van der Waals surface area contributed by atoms with Gasteiger partial charge in [0, 0.05) is 36.3 Å². The summed E-state index contributed by atoms with van der Waals surface area (Å²) in [4.78, 5) is 2.32. The van der Waals surface area contributed by atoms with E-state index in [4.69, 9.17) is 16.0 Å². The first-order valence-electron chi connectivity index (χ1n) is 6.75. The molecule has 6 heteroatoms. The minimum absolute atomic E-state index is 0.502. The lowest BCUT2D eigenvalue weighted by Gasteiger charge is -2.30. The fourth-order valence-corrected chi connectivity index (χ4v) is 2.50. The molecule has 20 heavy (non-hydrogen) atoms. The van der Waals surface area contributed by atoms with Crippen LogP contribution in [0.25, 0.3) is 11.5 Å². The zero-order chi connectivity index (χ0) is 13.9. The fraction of sp³-hybridized carbons (Fsp3) is 0.429. The molecule has 1 aromatic carbocycles. The van der Waals surface area contributed by atoms with Gasteiger partial charge in [-0.15, -0.1) is 10.2 Å². The van der Waals surface area contributed by atoms with Crippen LogP contribution in [0.4, 0.5) is 0 Å². The van der Waals surface area contributed by atoms with E-state index in [1.165, 1.54) is 0 Å². The molecule has 1 saturated heterocycles. The van der Waals surface area contributed by atoms with Gasteiger partial charge in [-0.1, -0.05) is 11.6 Å². The summed E-state index contributed by atoms with van der Waals surface area (Å²) < 4.78 is 5.72. The average molecular weight is 293 g/mol. The molecule has 2 heterocycles. The van der Waals surface area contributed by atoms with Gasteiger partial charge < -0.3 is 9.73 Å². The molecule has 0 spiro atoms. The van der Waals surface area contributed by atoms with E-state index >= 15 is 0 Å². The molecule has 5 nitrogen and oxygen atoms in total. The second-order valence-corrected chi connectivity index (χ2v) is 5.53. The Morgan fingerprint density at radius 3 is 2.90 bits per heavy atom. The summed E-state index contributed by atoms with van der Waals surface area (Å²) in [6, 6.07) is 7.90. The van der Waals surface area contributed by atoms with Crippen LogP contribution < -0.4 is 5.32 Å². The van der Waals surface area contributed by atoms with Gasteiger partial charge in [0.15, 0.2) is 0 Å². The lowest BCUT2D eigenvalue weighted by atomic mass is 10.2. The number of piperazine rings is 1. The molecule has 1 aliphatic rings. The lowest BCUT2D eigenvalue weighted by molar-refractivity contribution is 0.184. The molecule has 106 valence electrons. The summed E-state index contributed by atoms with van der Waals surface area (Å²) in [6.45, 7) is 5.88. The van der Waals surface area contributed by atoms with Crippen LogP contribution in [0.3, 0.4) is 0 Å². The highest BCUT2D eigenvalue weighted by molar-refractivity contribution is 6.30. The third-order valence-corrected chi connectivity index (χ3v) is 3.62. The van der Waals surface area contributed by atoms with E-state index in [1.54, 1.807) is 0 Å². The van der Waals surface area contributed by atoms with Gasteiger partial charge in [-0.05, 0) is 31.2 Å².